The molecule has 1 aromatic heterocycles. The topological polar surface area (TPSA) is 45.7 Å². The first-order chi connectivity index (χ1) is 12.2. The molecule has 0 atom stereocenters. The Morgan fingerprint density at radius 1 is 1.16 bits per heavy atom. The summed E-state index contributed by atoms with van der Waals surface area (Å²) in [5, 5.41) is 0. The Balaban J connectivity index is 1.56. The zero-order chi connectivity index (χ0) is 17.6. The number of benzene rings is 1. The van der Waals surface area contributed by atoms with E-state index in [1.54, 1.807) is 19.5 Å². The van der Waals surface area contributed by atoms with Crippen molar-refractivity contribution in [3.8, 4) is 5.75 Å². The lowest BCUT2D eigenvalue weighted by atomic mass is 10.0. The number of likely N-dealkylation sites (N-methyl/N-ethyl adjacent to an activating group) is 1. The third kappa shape index (κ3) is 4.57. The summed E-state index contributed by atoms with van der Waals surface area (Å²) in [6.07, 6.45) is 5.35. The van der Waals surface area contributed by atoms with Gasteiger partial charge in [-0.1, -0.05) is 6.07 Å². The molecule has 0 spiro atoms. The van der Waals surface area contributed by atoms with E-state index < -0.39 is 0 Å². The van der Waals surface area contributed by atoms with Gasteiger partial charge < -0.3 is 9.64 Å². The number of methoxy groups -OCH3 is 1. The van der Waals surface area contributed by atoms with E-state index in [9.17, 15) is 4.79 Å². The summed E-state index contributed by atoms with van der Waals surface area (Å²) < 4.78 is 5.31. The van der Waals surface area contributed by atoms with Crippen LogP contribution in [-0.2, 0) is 24.2 Å². The fourth-order valence-corrected chi connectivity index (χ4v) is 3.26. The van der Waals surface area contributed by atoms with Gasteiger partial charge in [0.05, 0.1) is 13.7 Å². The highest BCUT2D eigenvalue weighted by molar-refractivity contribution is 5.78. The minimum Gasteiger partial charge on any atom is -0.497 e. The lowest BCUT2D eigenvalue weighted by molar-refractivity contribution is -0.132. The molecule has 5 heteroatoms. The lowest BCUT2D eigenvalue weighted by Gasteiger charge is -2.24. The Bertz CT molecular complexity index is 718. The third-order valence-corrected chi connectivity index (χ3v) is 4.68. The summed E-state index contributed by atoms with van der Waals surface area (Å²) in [4.78, 5) is 20.7. The summed E-state index contributed by atoms with van der Waals surface area (Å²) in [5.41, 5.74) is 3.78. The van der Waals surface area contributed by atoms with Crippen molar-refractivity contribution in [1.29, 1.82) is 0 Å². The van der Waals surface area contributed by atoms with Gasteiger partial charge in [0.25, 0.3) is 0 Å². The van der Waals surface area contributed by atoms with Gasteiger partial charge in [-0.3, -0.25) is 14.7 Å². The second-order valence-corrected chi connectivity index (χ2v) is 6.54. The summed E-state index contributed by atoms with van der Waals surface area (Å²) in [6, 6.07) is 10.2. The molecule has 5 nitrogen and oxygen atoms in total. The molecule has 25 heavy (non-hydrogen) atoms. The van der Waals surface area contributed by atoms with Crippen LogP contribution in [0.2, 0.25) is 0 Å². The highest BCUT2D eigenvalue weighted by atomic mass is 16.5. The van der Waals surface area contributed by atoms with Crippen LogP contribution in [0, 0.1) is 0 Å². The summed E-state index contributed by atoms with van der Waals surface area (Å²) in [5.74, 6) is 1.08. The van der Waals surface area contributed by atoms with Crippen LogP contribution in [0.3, 0.4) is 0 Å². The second kappa shape index (κ2) is 8.12. The van der Waals surface area contributed by atoms with E-state index in [4.69, 9.17) is 4.74 Å². The van der Waals surface area contributed by atoms with E-state index in [0.29, 0.717) is 6.54 Å². The molecule has 2 heterocycles. The molecule has 2 aromatic rings. The molecule has 0 fully saturated rings. The van der Waals surface area contributed by atoms with Gasteiger partial charge in [0.2, 0.25) is 5.91 Å². The molecule has 1 aromatic carbocycles. The number of amides is 1. The van der Waals surface area contributed by atoms with Crippen LogP contribution >= 0.6 is 0 Å². The van der Waals surface area contributed by atoms with Gasteiger partial charge in [-0.25, -0.2) is 0 Å². The number of rotatable bonds is 5. The normalized spacial score (nSPS) is 14.1. The molecule has 1 amide bonds. The number of pyridine rings is 1. The predicted molar refractivity (Wildman–Crippen MR) is 97.6 cm³/mol. The second-order valence-electron chi connectivity index (χ2n) is 6.54. The fourth-order valence-electron chi connectivity index (χ4n) is 3.26. The van der Waals surface area contributed by atoms with E-state index in [0.717, 1.165) is 38.2 Å². The smallest absolute Gasteiger partial charge is 0.236 e. The average molecular weight is 339 g/mol. The number of hydrogen-bond acceptors (Lipinski definition) is 4. The van der Waals surface area contributed by atoms with Crippen LogP contribution < -0.4 is 4.74 Å². The average Bonchev–Trinajstić information content (AvgIpc) is 2.84. The summed E-state index contributed by atoms with van der Waals surface area (Å²) in [6.45, 7) is 2.73. The van der Waals surface area contributed by atoms with E-state index in [2.05, 4.69) is 22.0 Å². The van der Waals surface area contributed by atoms with Crippen LogP contribution in [0.15, 0.2) is 42.7 Å². The van der Waals surface area contributed by atoms with Crippen LogP contribution in [-0.4, -0.2) is 54.5 Å². The van der Waals surface area contributed by atoms with Crippen molar-refractivity contribution in [3.63, 3.8) is 0 Å². The van der Waals surface area contributed by atoms with Crippen LogP contribution in [0.5, 0.6) is 5.75 Å². The molecule has 1 aliphatic heterocycles. The maximum atomic E-state index is 12.7. The van der Waals surface area contributed by atoms with Gasteiger partial charge in [0.1, 0.15) is 5.75 Å². The molecule has 0 radical (unpaired) electrons. The van der Waals surface area contributed by atoms with Crippen LogP contribution in [0.25, 0.3) is 0 Å². The summed E-state index contributed by atoms with van der Waals surface area (Å²) >= 11 is 0. The number of nitrogens with zero attached hydrogens (tertiary/aromatic N) is 3. The Hall–Kier alpha value is -2.40. The molecular formula is C20H25N3O2. The largest absolute Gasteiger partial charge is 0.497 e. The van der Waals surface area contributed by atoms with E-state index in [1.807, 2.05) is 30.1 Å². The van der Waals surface area contributed by atoms with E-state index in [1.165, 1.54) is 16.7 Å². The van der Waals surface area contributed by atoms with Gasteiger partial charge in [-0.05, 0) is 60.8 Å². The van der Waals surface area contributed by atoms with Gasteiger partial charge in [0, 0.05) is 32.0 Å². The van der Waals surface area contributed by atoms with Crippen molar-refractivity contribution in [2.75, 3.05) is 33.8 Å². The van der Waals surface area contributed by atoms with Crippen LogP contribution in [0.1, 0.15) is 16.7 Å². The minimum absolute atomic E-state index is 0.191. The number of hydrogen-bond donors (Lipinski definition) is 0. The molecular weight excluding hydrogens is 314 g/mol. The van der Waals surface area contributed by atoms with Gasteiger partial charge >= 0.3 is 0 Å². The number of fused-ring (bicyclic) bond motifs is 1. The molecule has 132 valence electrons. The first-order valence-electron chi connectivity index (χ1n) is 8.66. The fraction of sp³-hybridized carbons (Fsp3) is 0.400. The molecule has 0 unspecified atom stereocenters. The van der Waals surface area contributed by atoms with Crippen molar-refractivity contribution in [2.24, 2.45) is 0 Å². The first kappa shape index (κ1) is 17.4. The number of carbonyl (C=O) groups is 1. The molecule has 0 N–H and O–H groups in total. The SMILES string of the molecule is COc1ccc2c(c1)CCN(C(=O)CN(C)Cc1ccncc1)CC2. The molecule has 3 rings (SSSR count). The quantitative estimate of drug-likeness (QED) is 0.837. The molecule has 0 saturated heterocycles. The van der Waals surface area contributed by atoms with Gasteiger partial charge in [-0.15, -0.1) is 0 Å². The number of carbonyl (C=O) groups excluding carboxylic acids is 1. The van der Waals surface area contributed by atoms with Crippen molar-refractivity contribution in [2.45, 2.75) is 19.4 Å². The lowest BCUT2D eigenvalue weighted by Crippen LogP contribution is -2.40. The Kier molecular flexibility index (Phi) is 5.66. The molecule has 0 aliphatic carbocycles. The Morgan fingerprint density at radius 3 is 2.60 bits per heavy atom. The first-order valence-corrected chi connectivity index (χ1v) is 8.66. The number of aromatic nitrogens is 1. The van der Waals surface area contributed by atoms with Crippen LogP contribution in [0.4, 0.5) is 0 Å². The Morgan fingerprint density at radius 2 is 1.88 bits per heavy atom. The zero-order valence-electron chi connectivity index (χ0n) is 14.9. The van der Waals surface area contributed by atoms with Crippen molar-refractivity contribution >= 4 is 5.91 Å². The summed E-state index contributed by atoms with van der Waals surface area (Å²) in [7, 11) is 3.67. The maximum Gasteiger partial charge on any atom is 0.236 e. The minimum atomic E-state index is 0.191. The standard InChI is InChI=1S/C20H25N3O2/c1-22(14-16-5-9-21-10-6-16)15-20(24)23-11-7-17-3-4-19(25-2)13-18(17)8-12-23/h3-6,9-10,13H,7-8,11-12,14-15H2,1-2H3. The highest BCUT2D eigenvalue weighted by Gasteiger charge is 2.20. The zero-order valence-corrected chi connectivity index (χ0v) is 14.9. The monoisotopic (exact) mass is 339 g/mol. The maximum absolute atomic E-state index is 12.7. The highest BCUT2D eigenvalue weighted by Crippen LogP contribution is 2.21. The van der Waals surface area contributed by atoms with Crippen molar-refractivity contribution in [1.82, 2.24) is 14.8 Å². The predicted octanol–water partition coefficient (Wildman–Crippen LogP) is 2.15. The van der Waals surface area contributed by atoms with Gasteiger partial charge in [-0.2, -0.15) is 0 Å². The van der Waals surface area contributed by atoms with Crippen molar-refractivity contribution in [3.05, 3.63) is 59.4 Å². The van der Waals surface area contributed by atoms with E-state index in [-0.39, 0.29) is 5.91 Å². The van der Waals surface area contributed by atoms with Crippen molar-refractivity contribution < 1.29 is 9.53 Å². The third-order valence-electron chi connectivity index (χ3n) is 4.68. The molecule has 1 aliphatic rings. The molecule has 0 saturated carbocycles. The Labute approximate surface area is 149 Å². The number of ether oxygens (including phenoxy) is 1. The van der Waals surface area contributed by atoms with E-state index >= 15 is 0 Å². The molecule has 0 bridgehead atoms. The van der Waals surface area contributed by atoms with Gasteiger partial charge in [0.15, 0.2) is 0 Å².